The maximum atomic E-state index is 12.2. The van der Waals surface area contributed by atoms with Crippen LogP contribution in [0.1, 0.15) is 5.56 Å². The van der Waals surface area contributed by atoms with Crippen LogP contribution in [-0.4, -0.2) is 22.7 Å². The van der Waals surface area contributed by atoms with Crippen molar-refractivity contribution in [3.8, 4) is 28.6 Å². The quantitative estimate of drug-likeness (QED) is 0.453. The van der Waals surface area contributed by atoms with Crippen molar-refractivity contribution in [2.24, 2.45) is 0 Å². The van der Waals surface area contributed by atoms with Crippen LogP contribution in [0.5, 0.6) is 5.75 Å². The third kappa shape index (κ3) is 4.67. The molecule has 0 aliphatic heterocycles. The van der Waals surface area contributed by atoms with Gasteiger partial charge in [0.2, 0.25) is 5.82 Å². The Kier molecular flexibility index (Phi) is 5.77. The molecule has 4 rings (SSSR count). The number of hydrogen-bond acceptors (Lipinski definition) is 5. The molecule has 0 fully saturated rings. The molecule has 6 nitrogen and oxygen atoms in total. The minimum absolute atomic E-state index is 0.178. The van der Waals surface area contributed by atoms with E-state index in [0.29, 0.717) is 33.7 Å². The zero-order valence-electron chi connectivity index (χ0n) is 16.1. The molecule has 0 atom stereocenters. The van der Waals surface area contributed by atoms with Crippen LogP contribution < -0.4 is 10.1 Å². The van der Waals surface area contributed by atoms with Gasteiger partial charge in [0.1, 0.15) is 5.75 Å². The van der Waals surface area contributed by atoms with E-state index in [1.54, 1.807) is 36.4 Å². The summed E-state index contributed by atoms with van der Waals surface area (Å²) in [6.45, 7) is 1.82. The predicted molar refractivity (Wildman–Crippen MR) is 115 cm³/mol. The van der Waals surface area contributed by atoms with Gasteiger partial charge in [-0.3, -0.25) is 4.79 Å². The van der Waals surface area contributed by atoms with E-state index >= 15 is 0 Å². The van der Waals surface area contributed by atoms with E-state index in [0.717, 1.165) is 11.1 Å². The number of halogens is 1. The Labute approximate surface area is 178 Å². The van der Waals surface area contributed by atoms with Gasteiger partial charge in [0, 0.05) is 16.3 Å². The molecule has 0 saturated heterocycles. The largest absolute Gasteiger partial charge is 0.483 e. The molecule has 0 saturated carbocycles. The van der Waals surface area contributed by atoms with Crippen LogP contribution in [-0.2, 0) is 4.79 Å². The number of nitrogens with zero attached hydrogens (tertiary/aromatic N) is 2. The van der Waals surface area contributed by atoms with Crippen molar-refractivity contribution in [3.05, 3.63) is 83.4 Å². The highest BCUT2D eigenvalue weighted by molar-refractivity contribution is 6.30. The smallest absolute Gasteiger partial charge is 0.262 e. The lowest BCUT2D eigenvalue weighted by molar-refractivity contribution is -0.118. The van der Waals surface area contributed by atoms with Gasteiger partial charge >= 0.3 is 0 Å². The molecule has 150 valence electrons. The number of benzene rings is 3. The third-order valence-electron chi connectivity index (χ3n) is 4.29. The number of para-hydroxylation sites is 1. The fourth-order valence-electron chi connectivity index (χ4n) is 2.91. The van der Waals surface area contributed by atoms with Crippen molar-refractivity contribution >= 4 is 23.2 Å². The highest BCUT2D eigenvalue weighted by Crippen LogP contribution is 2.30. The highest BCUT2D eigenvalue weighted by atomic mass is 35.5. The molecule has 7 heteroatoms. The van der Waals surface area contributed by atoms with Crippen LogP contribution in [0.3, 0.4) is 0 Å². The second kappa shape index (κ2) is 8.80. The number of amides is 1. The van der Waals surface area contributed by atoms with Crippen LogP contribution in [0.15, 0.2) is 77.3 Å². The molecule has 0 unspecified atom stereocenters. The van der Waals surface area contributed by atoms with Crippen LogP contribution in [0, 0.1) is 6.92 Å². The van der Waals surface area contributed by atoms with Crippen molar-refractivity contribution in [1.29, 1.82) is 0 Å². The van der Waals surface area contributed by atoms with Crippen LogP contribution in [0.2, 0.25) is 5.02 Å². The van der Waals surface area contributed by atoms with Gasteiger partial charge in [-0.05, 0) is 43.3 Å². The molecule has 0 spiro atoms. The number of carbonyl (C=O) groups excluding carboxylic acids is 1. The summed E-state index contributed by atoms with van der Waals surface area (Å²) < 4.78 is 11.2. The Bertz CT molecular complexity index is 1190. The summed E-state index contributed by atoms with van der Waals surface area (Å²) in [5, 5.41) is 7.36. The number of carbonyl (C=O) groups is 1. The van der Waals surface area contributed by atoms with Gasteiger partial charge in [0.25, 0.3) is 11.8 Å². The molecular formula is C23H18ClN3O3. The van der Waals surface area contributed by atoms with E-state index in [1.807, 2.05) is 43.3 Å². The summed E-state index contributed by atoms with van der Waals surface area (Å²) >= 11 is 5.94. The van der Waals surface area contributed by atoms with E-state index in [-0.39, 0.29) is 12.5 Å². The molecule has 1 aromatic heterocycles. The summed E-state index contributed by atoms with van der Waals surface area (Å²) in [6, 6.07) is 22.0. The average molecular weight is 420 g/mol. The van der Waals surface area contributed by atoms with Crippen molar-refractivity contribution < 1.29 is 14.1 Å². The number of aromatic nitrogens is 2. The van der Waals surface area contributed by atoms with Crippen molar-refractivity contribution in [1.82, 2.24) is 10.1 Å². The first-order valence-electron chi connectivity index (χ1n) is 9.27. The Morgan fingerprint density at radius 2 is 1.90 bits per heavy atom. The maximum absolute atomic E-state index is 12.2. The summed E-state index contributed by atoms with van der Waals surface area (Å²) in [5.74, 6) is 0.968. The van der Waals surface area contributed by atoms with Crippen LogP contribution in [0.4, 0.5) is 5.69 Å². The number of aryl methyl sites for hydroxylation is 1. The summed E-state index contributed by atoms with van der Waals surface area (Å²) in [4.78, 5) is 16.7. The van der Waals surface area contributed by atoms with E-state index < -0.39 is 0 Å². The Morgan fingerprint density at radius 1 is 1.07 bits per heavy atom. The molecule has 30 heavy (non-hydrogen) atoms. The van der Waals surface area contributed by atoms with E-state index in [2.05, 4.69) is 15.5 Å². The molecule has 0 radical (unpaired) electrons. The second-order valence-electron chi connectivity index (χ2n) is 6.64. The number of anilines is 1. The number of rotatable bonds is 6. The number of hydrogen-bond donors (Lipinski definition) is 1. The Hall–Kier alpha value is -3.64. The van der Waals surface area contributed by atoms with E-state index in [9.17, 15) is 4.79 Å². The van der Waals surface area contributed by atoms with Gasteiger partial charge in [-0.15, -0.1) is 0 Å². The molecular weight excluding hydrogens is 402 g/mol. The SMILES string of the molecule is Cc1cccc(-c2noc(-c3ccccc3OCC(=O)Nc3cccc(Cl)c3)n2)c1. The molecule has 0 bridgehead atoms. The second-order valence-corrected chi connectivity index (χ2v) is 7.07. The van der Waals surface area contributed by atoms with E-state index in [1.165, 1.54) is 0 Å². The fraction of sp³-hybridized carbons (Fsp3) is 0.0870. The summed E-state index contributed by atoms with van der Waals surface area (Å²) in [6.07, 6.45) is 0. The summed E-state index contributed by atoms with van der Waals surface area (Å²) in [5.41, 5.74) is 3.18. The van der Waals surface area contributed by atoms with Gasteiger partial charge in [0.05, 0.1) is 5.56 Å². The lowest BCUT2D eigenvalue weighted by Gasteiger charge is -2.10. The molecule has 1 N–H and O–H groups in total. The fourth-order valence-corrected chi connectivity index (χ4v) is 3.10. The van der Waals surface area contributed by atoms with Crippen LogP contribution in [0.25, 0.3) is 22.8 Å². The van der Waals surface area contributed by atoms with Gasteiger partial charge in [0.15, 0.2) is 6.61 Å². The average Bonchev–Trinajstić information content (AvgIpc) is 3.23. The topological polar surface area (TPSA) is 77.2 Å². The van der Waals surface area contributed by atoms with Gasteiger partial charge in [-0.25, -0.2) is 0 Å². The van der Waals surface area contributed by atoms with E-state index in [4.69, 9.17) is 20.9 Å². The predicted octanol–water partition coefficient (Wildman–Crippen LogP) is 5.38. The van der Waals surface area contributed by atoms with Gasteiger partial charge in [-0.1, -0.05) is 58.7 Å². The minimum atomic E-state index is -0.307. The lowest BCUT2D eigenvalue weighted by Crippen LogP contribution is -2.20. The van der Waals surface area contributed by atoms with Crippen LogP contribution >= 0.6 is 11.6 Å². The van der Waals surface area contributed by atoms with Gasteiger partial charge < -0.3 is 14.6 Å². The minimum Gasteiger partial charge on any atom is -0.483 e. The molecule has 4 aromatic rings. The molecule has 0 aliphatic carbocycles. The number of nitrogens with one attached hydrogen (secondary N) is 1. The first kappa shape index (κ1) is 19.7. The highest BCUT2D eigenvalue weighted by Gasteiger charge is 2.16. The first-order chi connectivity index (χ1) is 14.6. The first-order valence-corrected chi connectivity index (χ1v) is 9.65. The normalized spacial score (nSPS) is 10.6. The number of ether oxygens (including phenoxy) is 1. The van der Waals surface area contributed by atoms with Gasteiger partial charge in [-0.2, -0.15) is 4.98 Å². The molecule has 1 heterocycles. The molecule has 1 amide bonds. The standard InChI is InChI=1S/C23H18ClN3O3/c1-15-6-4-7-16(12-15)22-26-23(30-27-22)19-10-2-3-11-20(19)29-14-21(28)25-18-9-5-8-17(24)13-18/h2-13H,14H2,1H3,(H,25,28). The Balaban J connectivity index is 1.48. The molecule has 3 aromatic carbocycles. The van der Waals surface area contributed by atoms with Crippen molar-refractivity contribution in [2.75, 3.05) is 11.9 Å². The third-order valence-corrected chi connectivity index (χ3v) is 4.52. The zero-order chi connectivity index (χ0) is 20.9. The van der Waals surface area contributed by atoms with Crippen molar-refractivity contribution in [3.63, 3.8) is 0 Å². The maximum Gasteiger partial charge on any atom is 0.262 e. The monoisotopic (exact) mass is 419 g/mol. The van der Waals surface area contributed by atoms with Crippen molar-refractivity contribution in [2.45, 2.75) is 6.92 Å². The Morgan fingerprint density at radius 3 is 2.73 bits per heavy atom. The molecule has 0 aliphatic rings. The summed E-state index contributed by atoms with van der Waals surface area (Å²) in [7, 11) is 0. The lowest BCUT2D eigenvalue weighted by atomic mass is 10.1. The zero-order valence-corrected chi connectivity index (χ0v) is 16.9.